The lowest BCUT2D eigenvalue weighted by molar-refractivity contribution is -0.131. The number of nitrogen functional groups attached to an aromatic ring is 2. The van der Waals surface area contributed by atoms with Crippen LogP contribution < -0.4 is 26.3 Å². The topological polar surface area (TPSA) is 175 Å². The normalized spacial score (nSPS) is 15.4. The fourth-order valence-electron chi connectivity index (χ4n) is 5.26. The number of aromatic nitrogens is 4. The van der Waals surface area contributed by atoms with Crippen molar-refractivity contribution in [2.75, 3.05) is 55.4 Å². The molecule has 6 rings (SSSR count). The summed E-state index contributed by atoms with van der Waals surface area (Å²) in [6.45, 7) is 2.56. The molecule has 4 heterocycles. The van der Waals surface area contributed by atoms with Crippen LogP contribution in [0.1, 0.15) is 25.7 Å². The van der Waals surface area contributed by atoms with Crippen LogP contribution >= 0.6 is 11.6 Å². The molecule has 0 unspecified atom stereocenters. The van der Waals surface area contributed by atoms with Gasteiger partial charge in [-0.1, -0.05) is 30.3 Å². The van der Waals surface area contributed by atoms with E-state index in [1.165, 1.54) is 5.39 Å². The Bertz CT molecular complexity index is 1720. The first-order valence-electron chi connectivity index (χ1n) is 15.4. The molecular formula is C32H36ClF2N9O4. The third kappa shape index (κ3) is 9.27. The van der Waals surface area contributed by atoms with E-state index in [4.69, 9.17) is 32.5 Å². The van der Waals surface area contributed by atoms with Gasteiger partial charge in [-0.2, -0.15) is 9.97 Å². The van der Waals surface area contributed by atoms with Crippen molar-refractivity contribution >= 4 is 51.5 Å². The second-order valence-corrected chi connectivity index (χ2v) is 11.5. The predicted molar refractivity (Wildman–Crippen MR) is 176 cm³/mol. The quantitative estimate of drug-likeness (QED) is 0.231. The number of nitrogens with zero attached hydrogens (tertiary/aromatic N) is 6. The number of carbonyl (C=O) groups excluding carboxylic acids is 2. The SMILES string of the molecule is Nc1nc(OC2CCN(C(=O)CCl)CC2)ncc1F.Nc1nc(OC2CCN(C(=O)CNc3ccc4ccccc4c3)CC2)ncc1F. The van der Waals surface area contributed by atoms with Gasteiger partial charge in [0, 0.05) is 57.5 Å². The zero-order valence-corrected chi connectivity index (χ0v) is 26.8. The van der Waals surface area contributed by atoms with Crippen LogP contribution in [0, 0.1) is 11.6 Å². The number of hydrogen-bond acceptors (Lipinski definition) is 11. The molecular weight excluding hydrogens is 648 g/mol. The van der Waals surface area contributed by atoms with Gasteiger partial charge in [-0.3, -0.25) is 9.59 Å². The minimum atomic E-state index is -0.671. The fraction of sp³-hybridized carbons (Fsp3) is 0.375. The molecule has 2 aromatic heterocycles. The Balaban J connectivity index is 0.000000206. The molecule has 13 nitrogen and oxygen atoms in total. The molecule has 5 N–H and O–H groups in total. The zero-order valence-electron chi connectivity index (χ0n) is 26.0. The molecule has 4 aromatic rings. The molecule has 2 fully saturated rings. The zero-order chi connectivity index (χ0) is 34.0. The van der Waals surface area contributed by atoms with Crippen LogP contribution in [-0.2, 0) is 9.59 Å². The first-order valence-corrected chi connectivity index (χ1v) is 16.0. The number of fused-ring (bicyclic) bond motifs is 1. The summed E-state index contributed by atoms with van der Waals surface area (Å²) in [5.74, 6) is -1.86. The first-order chi connectivity index (χ1) is 23.2. The Hall–Kier alpha value is -5.05. The van der Waals surface area contributed by atoms with Crippen molar-refractivity contribution in [3.05, 3.63) is 66.5 Å². The molecule has 0 aliphatic carbocycles. The number of nitrogens with one attached hydrogen (secondary N) is 1. The molecule has 254 valence electrons. The lowest BCUT2D eigenvalue weighted by atomic mass is 10.1. The highest BCUT2D eigenvalue weighted by Gasteiger charge is 2.25. The molecule has 2 aliphatic heterocycles. The summed E-state index contributed by atoms with van der Waals surface area (Å²) in [5, 5.41) is 5.50. The Morgan fingerprint density at radius 1 is 0.792 bits per heavy atom. The van der Waals surface area contributed by atoms with E-state index in [2.05, 4.69) is 31.3 Å². The summed E-state index contributed by atoms with van der Waals surface area (Å²) in [6, 6.07) is 14.3. The van der Waals surface area contributed by atoms with Gasteiger partial charge < -0.3 is 36.1 Å². The lowest BCUT2D eigenvalue weighted by Crippen LogP contribution is -2.44. The van der Waals surface area contributed by atoms with Gasteiger partial charge >= 0.3 is 12.0 Å². The van der Waals surface area contributed by atoms with Crippen LogP contribution in [0.2, 0.25) is 0 Å². The maximum Gasteiger partial charge on any atom is 0.318 e. The summed E-state index contributed by atoms with van der Waals surface area (Å²) in [6.07, 6.45) is 4.36. The molecule has 48 heavy (non-hydrogen) atoms. The number of ether oxygens (including phenoxy) is 2. The third-order valence-corrected chi connectivity index (χ3v) is 8.17. The van der Waals surface area contributed by atoms with E-state index in [1.54, 1.807) is 4.90 Å². The predicted octanol–water partition coefficient (Wildman–Crippen LogP) is 3.64. The fourth-order valence-corrected chi connectivity index (χ4v) is 5.43. The number of amides is 2. The standard InChI is InChI=1S/C21H22FN5O2.C11H14ClFN4O2/c22-18-12-25-21(26-20(18)23)29-17-7-9-27(10-8-17)19(28)13-24-16-6-5-14-3-1-2-4-15(14)11-16;12-5-9(18)17-3-1-7(2-4-17)19-11-15-6-8(13)10(14)16-11/h1-6,11-12,17,24H,7-10,13H2,(H2,23,25,26);6-7H,1-5H2,(H2,14,15,16). The van der Waals surface area contributed by atoms with Crippen molar-refractivity contribution in [3.63, 3.8) is 0 Å². The van der Waals surface area contributed by atoms with Crippen molar-refractivity contribution in [1.82, 2.24) is 29.7 Å². The molecule has 2 aliphatic rings. The average Bonchev–Trinajstić information content (AvgIpc) is 3.11. The van der Waals surface area contributed by atoms with E-state index in [-0.39, 0.29) is 60.1 Å². The number of hydrogen-bond donors (Lipinski definition) is 3. The summed E-state index contributed by atoms with van der Waals surface area (Å²) >= 11 is 5.49. The van der Waals surface area contributed by atoms with Gasteiger partial charge in [0.25, 0.3) is 0 Å². The highest BCUT2D eigenvalue weighted by molar-refractivity contribution is 6.27. The molecule has 0 saturated carbocycles. The van der Waals surface area contributed by atoms with Crippen molar-refractivity contribution in [2.24, 2.45) is 0 Å². The molecule has 0 bridgehead atoms. The molecule has 0 atom stereocenters. The second-order valence-electron chi connectivity index (χ2n) is 11.2. The molecule has 0 spiro atoms. The molecule has 16 heteroatoms. The highest BCUT2D eigenvalue weighted by Crippen LogP contribution is 2.21. The second kappa shape index (κ2) is 16.2. The van der Waals surface area contributed by atoms with Crippen molar-refractivity contribution in [1.29, 1.82) is 0 Å². The monoisotopic (exact) mass is 683 g/mol. The van der Waals surface area contributed by atoms with Gasteiger partial charge in [-0.25, -0.2) is 18.7 Å². The van der Waals surface area contributed by atoms with E-state index in [0.717, 1.165) is 23.5 Å². The maximum atomic E-state index is 13.1. The summed E-state index contributed by atoms with van der Waals surface area (Å²) in [7, 11) is 0. The Morgan fingerprint density at radius 3 is 1.79 bits per heavy atom. The molecule has 0 radical (unpaired) electrons. The maximum absolute atomic E-state index is 13.1. The minimum Gasteiger partial charge on any atom is -0.460 e. The van der Waals surface area contributed by atoms with Crippen LogP contribution in [0.15, 0.2) is 54.9 Å². The molecule has 2 saturated heterocycles. The number of piperidine rings is 2. The molecule has 2 amide bonds. The number of halogens is 3. The summed E-state index contributed by atoms with van der Waals surface area (Å²) in [5.41, 5.74) is 11.7. The van der Waals surface area contributed by atoms with Crippen molar-refractivity contribution < 1.29 is 27.8 Å². The van der Waals surface area contributed by atoms with E-state index >= 15 is 0 Å². The van der Waals surface area contributed by atoms with E-state index in [1.807, 2.05) is 41.3 Å². The number of carbonyl (C=O) groups is 2. The van der Waals surface area contributed by atoms with Crippen LogP contribution in [0.3, 0.4) is 0 Å². The number of alkyl halides is 1. The smallest absolute Gasteiger partial charge is 0.318 e. The van der Waals surface area contributed by atoms with Crippen molar-refractivity contribution in [2.45, 2.75) is 37.9 Å². The number of anilines is 3. The van der Waals surface area contributed by atoms with Gasteiger partial charge in [-0.15, -0.1) is 11.6 Å². The number of nitrogens with two attached hydrogens (primary N) is 2. The summed E-state index contributed by atoms with van der Waals surface area (Å²) in [4.78, 5) is 42.4. The number of rotatable bonds is 8. The number of likely N-dealkylation sites (tertiary alicyclic amines) is 2. The van der Waals surface area contributed by atoms with Crippen LogP contribution in [0.4, 0.5) is 26.1 Å². The van der Waals surface area contributed by atoms with Gasteiger partial charge in [0.2, 0.25) is 11.8 Å². The Morgan fingerprint density at radius 2 is 1.29 bits per heavy atom. The van der Waals surface area contributed by atoms with E-state index < -0.39 is 11.6 Å². The lowest BCUT2D eigenvalue weighted by Gasteiger charge is -2.31. The van der Waals surface area contributed by atoms with Gasteiger partial charge in [0.1, 0.15) is 18.1 Å². The van der Waals surface area contributed by atoms with Gasteiger partial charge in [0.15, 0.2) is 23.3 Å². The van der Waals surface area contributed by atoms with E-state index in [0.29, 0.717) is 51.9 Å². The van der Waals surface area contributed by atoms with Gasteiger partial charge in [0.05, 0.1) is 18.9 Å². The summed E-state index contributed by atoms with van der Waals surface area (Å²) < 4.78 is 37.2. The first kappa shape index (κ1) is 34.3. The van der Waals surface area contributed by atoms with Gasteiger partial charge in [-0.05, 0) is 22.9 Å². The Labute approximate surface area is 280 Å². The number of benzene rings is 2. The Kier molecular flexibility index (Phi) is 11.6. The minimum absolute atomic E-state index is 0.0108. The highest BCUT2D eigenvalue weighted by atomic mass is 35.5. The van der Waals surface area contributed by atoms with Crippen molar-refractivity contribution in [3.8, 4) is 12.0 Å². The van der Waals surface area contributed by atoms with Crippen LogP contribution in [0.25, 0.3) is 10.8 Å². The largest absolute Gasteiger partial charge is 0.460 e. The van der Waals surface area contributed by atoms with Crippen LogP contribution in [0.5, 0.6) is 12.0 Å². The average molecular weight is 684 g/mol. The van der Waals surface area contributed by atoms with E-state index in [9.17, 15) is 18.4 Å². The van der Waals surface area contributed by atoms with Crippen LogP contribution in [-0.4, -0.2) is 92.4 Å². The third-order valence-electron chi connectivity index (χ3n) is 7.94. The molecule has 2 aromatic carbocycles.